The van der Waals surface area contributed by atoms with Crippen molar-refractivity contribution in [3.05, 3.63) is 54.1 Å². The first-order valence-corrected chi connectivity index (χ1v) is 10.2. The minimum Gasteiger partial charge on any atom is -0.496 e. The molecule has 0 radical (unpaired) electrons. The van der Waals surface area contributed by atoms with Gasteiger partial charge in [0.2, 0.25) is 0 Å². The zero-order valence-electron chi connectivity index (χ0n) is 17.7. The smallest absolute Gasteiger partial charge is 0.325 e. The SMILES string of the molecule is COc1ccc(F)cc1-c1ccnc2[nH]c(C3=CCN(C(=O)N[C@@H](C)C(=O)O)CC3)cc12. The van der Waals surface area contributed by atoms with Gasteiger partial charge in [-0.05, 0) is 54.8 Å². The number of aromatic nitrogens is 2. The maximum absolute atomic E-state index is 13.9. The molecule has 1 atom stereocenters. The van der Waals surface area contributed by atoms with E-state index < -0.39 is 18.0 Å². The van der Waals surface area contributed by atoms with Gasteiger partial charge in [-0.1, -0.05) is 6.08 Å². The van der Waals surface area contributed by atoms with Crippen LogP contribution < -0.4 is 10.1 Å². The van der Waals surface area contributed by atoms with Crippen LogP contribution in [0.5, 0.6) is 5.75 Å². The molecule has 0 saturated carbocycles. The van der Waals surface area contributed by atoms with Crippen LogP contribution in [0.4, 0.5) is 9.18 Å². The summed E-state index contributed by atoms with van der Waals surface area (Å²) in [7, 11) is 1.55. The van der Waals surface area contributed by atoms with E-state index in [0.717, 1.165) is 22.2 Å². The number of nitrogens with zero attached hydrogens (tertiary/aromatic N) is 2. The second-order valence-corrected chi connectivity index (χ2v) is 7.58. The highest BCUT2D eigenvalue weighted by Crippen LogP contribution is 2.36. The summed E-state index contributed by atoms with van der Waals surface area (Å²) in [6.45, 7) is 2.24. The van der Waals surface area contributed by atoms with E-state index in [9.17, 15) is 14.0 Å². The number of benzene rings is 1. The summed E-state index contributed by atoms with van der Waals surface area (Å²) in [6.07, 6.45) is 4.19. The number of pyridine rings is 1. The fraction of sp³-hybridized carbons (Fsp3) is 0.261. The molecule has 0 aliphatic carbocycles. The lowest BCUT2D eigenvalue weighted by Crippen LogP contribution is -2.47. The lowest BCUT2D eigenvalue weighted by atomic mass is 10.0. The number of fused-ring (bicyclic) bond motifs is 1. The van der Waals surface area contributed by atoms with Crippen LogP contribution in [0, 0.1) is 5.82 Å². The molecule has 166 valence electrons. The van der Waals surface area contributed by atoms with Crippen LogP contribution >= 0.6 is 0 Å². The zero-order chi connectivity index (χ0) is 22.8. The Bertz CT molecular complexity index is 1220. The minimum atomic E-state index is -1.08. The summed E-state index contributed by atoms with van der Waals surface area (Å²) in [5.74, 6) is -0.870. The molecule has 3 heterocycles. The summed E-state index contributed by atoms with van der Waals surface area (Å²) in [5, 5.41) is 12.3. The molecule has 0 bridgehead atoms. The minimum absolute atomic E-state index is 0.355. The number of rotatable bonds is 5. The van der Waals surface area contributed by atoms with Crippen molar-refractivity contribution in [2.24, 2.45) is 0 Å². The standard InChI is InChI=1S/C23H23FN4O4/c1-13(22(29)30)26-23(31)28-9-6-14(7-10-28)19-12-18-16(5-8-25-21(18)27-19)17-11-15(24)3-4-20(17)32-2/h3-6,8,11-13H,7,9-10H2,1-2H3,(H,25,27)(H,26,31)(H,29,30)/t13-/m0/s1. The third-order valence-corrected chi connectivity index (χ3v) is 5.54. The van der Waals surface area contributed by atoms with Crippen molar-refractivity contribution in [1.82, 2.24) is 20.2 Å². The van der Waals surface area contributed by atoms with Gasteiger partial charge in [-0.3, -0.25) is 4.79 Å². The topological polar surface area (TPSA) is 108 Å². The van der Waals surface area contributed by atoms with Crippen molar-refractivity contribution in [3.63, 3.8) is 0 Å². The van der Waals surface area contributed by atoms with Gasteiger partial charge in [-0.15, -0.1) is 0 Å². The van der Waals surface area contributed by atoms with E-state index in [-0.39, 0.29) is 5.82 Å². The molecular formula is C23H23FN4O4. The number of methoxy groups -OCH3 is 1. The molecule has 0 spiro atoms. The number of aromatic amines is 1. The van der Waals surface area contributed by atoms with Gasteiger partial charge in [-0.25, -0.2) is 14.2 Å². The highest BCUT2D eigenvalue weighted by molar-refractivity contribution is 5.97. The highest BCUT2D eigenvalue weighted by Gasteiger charge is 2.22. The highest BCUT2D eigenvalue weighted by atomic mass is 19.1. The molecule has 0 fully saturated rings. The van der Waals surface area contributed by atoms with E-state index in [4.69, 9.17) is 9.84 Å². The Hall–Kier alpha value is -3.88. The lowest BCUT2D eigenvalue weighted by Gasteiger charge is -2.27. The molecular weight excluding hydrogens is 415 g/mol. The van der Waals surface area contributed by atoms with Gasteiger partial charge in [0.15, 0.2) is 0 Å². The fourth-order valence-electron chi connectivity index (χ4n) is 3.76. The maximum atomic E-state index is 13.9. The van der Waals surface area contributed by atoms with Gasteiger partial charge in [0.1, 0.15) is 23.3 Å². The Kier molecular flexibility index (Phi) is 5.81. The van der Waals surface area contributed by atoms with Gasteiger partial charge >= 0.3 is 12.0 Å². The first-order chi connectivity index (χ1) is 15.4. The largest absolute Gasteiger partial charge is 0.496 e. The van der Waals surface area contributed by atoms with Gasteiger partial charge in [0.25, 0.3) is 0 Å². The number of aliphatic carboxylic acids is 1. The summed E-state index contributed by atoms with van der Waals surface area (Å²) < 4.78 is 19.3. The monoisotopic (exact) mass is 438 g/mol. The number of nitrogens with one attached hydrogen (secondary N) is 2. The van der Waals surface area contributed by atoms with Crippen LogP contribution in [0.2, 0.25) is 0 Å². The van der Waals surface area contributed by atoms with Crippen LogP contribution in [0.25, 0.3) is 27.7 Å². The van der Waals surface area contributed by atoms with Crippen molar-refractivity contribution in [1.29, 1.82) is 0 Å². The number of hydrogen-bond acceptors (Lipinski definition) is 4. The number of hydrogen-bond donors (Lipinski definition) is 3. The number of amides is 2. The normalized spacial score (nSPS) is 14.7. The van der Waals surface area contributed by atoms with E-state index in [1.807, 2.05) is 18.2 Å². The molecule has 9 heteroatoms. The van der Waals surface area contributed by atoms with Crippen molar-refractivity contribution >= 4 is 28.6 Å². The van der Waals surface area contributed by atoms with Crippen molar-refractivity contribution < 1.29 is 23.8 Å². The molecule has 2 aromatic heterocycles. The maximum Gasteiger partial charge on any atom is 0.325 e. The van der Waals surface area contributed by atoms with Crippen LogP contribution in [-0.4, -0.2) is 58.2 Å². The number of carboxylic acid groups (broad SMARTS) is 1. The number of urea groups is 1. The Morgan fingerprint density at radius 2 is 2.09 bits per heavy atom. The molecule has 0 unspecified atom stereocenters. The molecule has 1 aliphatic rings. The number of carbonyl (C=O) groups excluding carboxylic acids is 1. The Balaban J connectivity index is 1.60. The summed E-state index contributed by atoms with van der Waals surface area (Å²) in [4.78, 5) is 32.5. The second kappa shape index (κ2) is 8.70. The Morgan fingerprint density at radius 3 is 2.78 bits per heavy atom. The van der Waals surface area contributed by atoms with Crippen molar-refractivity contribution in [2.45, 2.75) is 19.4 Å². The number of ether oxygens (including phenoxy) is 1. The average molecular weight is 438 g/mol. The van der Waals surface area contributed by atoms with Crippen LogP contribution in [0.1, 0.15) is 19.0 Å². The number of carboxylic acids is 1. The number of H-pyrrole nitrogens is 1. The third-order valence-electron chi connectivity index (χ3n) is 5.54. The first-order valence-electron chi connectivity index (χ1n) is 10.2. The molecule has 0 saturated heterocycles. The number of halogens is 1. The van der Waals surface area contributed by atoms with E-state index >= 15 is 0 Å². The van der Waals surface area contributed by atoms with Gasteiger partial charge in [-0.2, -0.15) is 0 Å². The van der Waals surface area contributed by atoms with Crippen LogP contribution in [0.3, 0.4) is 0 Å². The molecule has 32 heavy (non-hydrogen) atoms. The molecule has 1 aliphatic heterocycles. The molecule has 2 amide bonds. The summed E-state index contributed by atoms with van der Waals surface area (Å²) in [5.41, 5.74) is 4.00. The third kappa shape index (κ3) is 4.14. The predicted molar refractivity (Wildman–Crippen MR) is 118 cm³/mol. The summed E-state index contributed by atoms with van der Waals surface area (Å²) >= 11 is 0. The predicted octanol–water partition coefficient (Wildman–Crippen LogP) is 3.65. The summed E-state index contributed by atoms with van der Waals surface area (Å²) in [6, 6.07) is 6.82. The van der Waals surface area contributed by atoms with Crippen molar-refractivity contribution in [2.75, 3.05) is 20.2 Å². The zero-order valence-corrected chi connectivity index (χ0v) is 17.7. The molecule has 3 aromatic rings. The lowest BCUT2D eigenvalue weighted by molar-refractivity contribution is -0.138. The van der Waals surface area contributed by atoms with E-state index in [1.54, 1.807) is 24.3 Å². The van der Waals surface area contributed by atoms with E-state index in [1.165, 1.54) is 19.1 Å². The van der Waals surface area contributed by atoms with E-state index in [0.29, 0.717) is 36.5 Å². The average Bonchev–Trinajstić information content (AvgIpc) is 3.23. The van der Waals surface area contributed by atoms with Crippen LogP contribution in [-0.2, 0) is 4.79 Å². The molecule has 4 rings (SSSR count). The molecule has 1 aromatic carbocycles. The quantitative estimate of drug-likeness (QED) is 0.564. The number of carbonyl (C=O) groups is 2. The molecule has 8 nitrogen and oxygen atoms in total. The fourth-order valence-corrected chi connectivity index (χ4v) is 3.76. The Labute approximate surface area is 183 Å². The molecule has 3 N–H and O–H groups in total. The van der Waals surface area contributed by atoms with Crippen molar-refractivity contribution in [3.8, 4) is 16.9 Å². The van der Waals surface area contributed by atoms with Gasteiger partial charge in [0.05, 0.1) is 7.11 Å². The Morgan fingerprint density at radius 1 is 1.28 bits per heavy atom. The van der Waals surface area contributed by atoms with Gasteiger partial charge in [0, 0.05) is 35.9 Å². The second-order valence-electron chi connectivity index (χ2n) is 7.58. The van der Waals surface area contributed by atoms with Crippen LogP contribution in [0.15, 0.2) is 42.6 Å². The van der Waals surface area contributed by atoms with Gasteiger partial charge < -0.3 is 25.0 Å². The first kappa shape index (κ1) is 21.4. The van der Waals surface area contributed by atoms with E-state index in [2.05, 4.69) is 15.3 Å².